The van der Waals surface area contributed by atoms with Crippen LogP contribution in [0.25, 0.3) is 22.3 Å². The number of pyridine rings is 4. The van der Waals surface area contributed by atoms with E-state index >= 15 is 0 Å². The van der Waals surface area contributed by atoms with Gasteiger partial charge in [0.15, 0.2) is 62.7 Å². The van der Waals surface area contributed by atoms with Gasteiger partial charge in [-0.1, -0.05) is 0 Å². The van der Waals surface area contributed by atoms with Crippen LogP contribution in [0.5, 0.6) is 0 Å². The molecule has 0 aliphatic carbocycles. The zero-order chi connectivity index (χ0) is 45.7. The third-order valence-electron chi connectivity index (χ3n) is 5.24. The Morgan fingerprint density at radius 3 is 0.596 bits per heavy atom. The first-order chi connectivity index (χ1) is 24.0. The van der Waals surface area contributed by atoms with Crippen molar-refractivity contribution < 1.29 is 119 Å². The minimum atomic E-state index is -10.7. The van der Waals surface area contributed by atoms with Gasteiger partial charge < -0.3 is 0 Å². The number of halogens is 24. The first-order valence-electron chi connectivity index (χ1n) is 14.1. The van der Waals surface area contributed by atoms with Crippen molar-refractivity contribution in [2.75, 3.05) is 0 Å². The van der Waals surface area contributed by atoms with E-state index in [4.69, 9.17) is 0 Å². The maximum atomic E-state index is 9.87. The van der Waals surface area contributed by atoms with E-state index in [2.05, 4.69) is 116 Å². The molecular weight excluding hydrogens is 936 g/mol. The summed E-state index contributed by atoms with van der Waals surface area (Å²) >= 11 is 0. The van der Waals surface area contributed by atoms with E-state index < -0.39 is 31.2 Å². The number of nitrogens with zero attached hydrogens (tertiary/aromatic N) is 4. The molecule has 0 atom stereocenters. The van der Waals surface area contributed by atoms with Gasteiger partial charge in [-0.25, -0.2) is 18.3 Å². The van der Waals surface area contributed by atoms with Crippen molar-refractivity contribution in [1.82, 2.24) is 0 Å². The minimum absolute atomic E-state index is 1.01. The van der Waals surface area contributed by atoms with Crippen LogP contribution in [0, 0.1) is 0 Å². The second-order valence-corrected chi connectivity index (χ2v) is 19.0. The monoisotopic (exact) mass is 964 g/mol. The zero-order valence-corrected chi connectivity index (χ0v) is 31.6. The van der Waals surface area contributed by atoms with Gasteiger partial charge in [0.1, 0.15) is 14.1 Å². The van der Waals surface area contributed by atoms with Crippen LogP contribution in [0.1, 0.15) is 6.42 Å². The third kappa shape index (κ3) is 52.6. The second-order valence-electron chi connectivity index (χ2n) is 11.3. The van der Waals surface area contributed by atoms with Crippen LogP contribution in [0.2, 0.25) is 0 Å². The van der Waals surface area contributed by atoms with Gasteiger partial charge in [-0.05, 0) is 22.3 Å². The average molecular weight is 964 g/mol. The predicted molar refractivity (Wildman–Crippen MR) is 165 cm³/mol. The van der Waals surface area contributed by atoms with Gasteiger partial charge in [-0.3, -0.25) is 0 Å². The van der Waals surface area contributed by atoms with Crippen molar-refractivity contribution in [3.05, 3.63) is 98.1 Å². The summed E-state index contributed by atoms with van der Waals surface area (Å²) in [6, 6.07) is 17.4. The first kappa shape index (κ1) is 53.6. The average Bonchev–Trinajstić information content (AvgIpc) is 2.88. The normalized spacial score (nSPS) is 16.9. The van der Waals surface area contributed by atoms with Gasteiger partial charge in [0.05, 0.1) is 6.42 Å². The van der Waals surface area contributed by atoms with Gasteiger partial charge in [0, 0.05) is 48.5 Å². The molecule has 32 heteroatoms. The molecule has 4 rings (SSSR count). The van der Waals surface area contributed by atoms with Crippen LogP contribution in [-0.4, -0.2) is 0 Å². The van der Waals surface area contributed by atoms with Crippen molar-refractivity contribution in [2.45, 2.75) is 19.5 Å². The summed E-state index contributed by atoms with van der Waals surface area (Å²) in [5.74, 6) is 0. The fourth-order valence-electron chi connectivity index (χ4n) is 3.42. The Labute approximate surface area is 304 Å². The van der Waals surface area contributed by atoms with Gasteiger partial charge in [-0.15, -0.1) is 0 Å². The Bertz CT molecular complexity index is 1680. The summed E-state index contributed by atoms with van der Waals surface area (Å²) in [6.45, 7) is 2.02. The molecule has 0 unspecified atom stereocenters. The van der Waals surface area contributed by atoms with Crippen LogP contribution in [0.4, 0.5) is 101 Å². The van der Waals surface area contributed by atoms with E-state index in [9.17, 15) is 101 Å². The van der Waals surface area contributed by atoms with Crippen LogP contribution in [-0.2, 0) is 27.2 Å². The molecule has 0 radical (unpaired) electrons. The third-order valence-corrected chi connectivity index (χ3v) is 5.24. The van der Waals surface area contributed by atoms with Crippen LogP contribution in [0.15, 0.2) is 98.1 Å². The Kier molecular flexibility index (Phi) is 13.3. The Morgan fingerprint density at radius 1 is 0.298 bits per heavy atom. The molecule has 4 nitrogen and oxygen atoms in total. The van der Waals surface area contributed by atoms with Crippen molar-refractivity contribution in [3.63, 3.8) is 0 Å². The molecule has 0 saturated carbocycles. The molecule has 4 aromatic heterocycles. The van der Waals surface area contributed by atoms with Gasteiger partial charge in [0.25, 0.3) is 0 Å². The van der Waals surface area contributed by atoms with E-state index in [1.54, 1.807) is 0 Å². The van der Waals surface area contributed by atoms with Crippen molar-refractivity contribution >= 4 is 31.2 Å². The molecule has 0 spiro atoms. The molecule has 0 aliphatic rings. The Balaban J connectivity index is 0.000000909. The molecule has 0 amide bonds. The van der Waals surface area contributed by atoms with Crippen molar-refractivity contribution in [2.24, 2.45) is 14.1 Å². The number of aryl methyl sites for hydroxylation is 4. The number of aromatic nitrogens is 4. The SMILES string of the molecule is C[n+]1ccc(-c2cc[n+](CCC[n+]3ccc(-c4cc[n+](C)cc4)cc3)cc2)cc1.F[P-](F)(F)(F)(F)F.F[P-](F)(F)(F)(F)F.F[P-](F)(F)(F)(F)F.F[P-](F)(F)(F)(F)F. The number of hydrogen-bond acceptors (Lipinski definition) is 0. The van der Waals surface area contributed by atoms with E-state index in [0.717, 1.165) is 19.5 Å². The van der Waals surface area contributed by atoms with Crippen LogP contribution >= 0.6 is 31.2 Å². The number of hydrogen-bond donors (Lipinski definition) is 0. The van der Waals surface area contributed by atoms with E-state index in [0.29, 0.717) is 0 Å². The molecule has 57 heavy (non-hydrogen) atoms. The van der Waals surface area contributed by atoms with Crippen molar-refractivity contribution in [1.29, 1.82) is 0 Å². The molecule has 0 aromatic carbocycles. The summed E-state index contributed by atoms with van der Waals surface area (Å²) in [6.07, 6.45) is 18.1. The molecule has 4 heterocycles. The molecule has 0 fully saturated rings. The zero-order valence-electron chi connectivity index (χ0n) is 28.0. The van der Waals surface area contributed by atoms with Gasteiger partial charge in [0.2, 0.25) is 0 Å². The van der Waals surface area contributed by atoms with E-state index in [1.807, 2.05) is 14.1 Å². The standard InChI is InChI=1S/C25H28N4.4F6P/c1-26-14-4-22(5-15-26)24-8-18-28(19-9-24)12-3-13-29-20-10-25(11-21-29)23-6-16-27(2)17-7-23;4*1-7(2,3,4,5)6/h4-11,14-21H,3,12-13H2,1-2H3;;;;/q+4;4*-1. The summed E-state index contributed by atoms with van der Waals surface area (Å²) < 4.78 is 245. The molecule has 0 bridgehead atoms. The van der Waals surface area contributed by atoms with Gasteiger partial charge >= 0.3 is 132 Å². The fourth-order valence-corrected chi connectivity index (χ4v) is 3.42. The second kappa shape index (κ2) is 14.1. The summed E-state index contributed by atoms with van der Waals surface area (Å²) in [5.41, 5.74) is 5.00. The summed E-state index contributed by atoms with van der Waals surface area (Å²) in [7, 11) is -38.6. The van der Waals surface area contributed by atoms with Crippen molar-refractivity contribution in [3.8, 4) is 22.3 Å². The van der Waals surface area contributed by atoms with Crippen LogP contribution in [0.3, 0.4) is 0 Å². The molecule has 0 saturated heterocycles. The fraction of sp³-hybridized carbons (Fsp3) is 0.200. The number of rotatable bonds is 6. The predicted octanol–water partition coefficient (Wildman–Crippen LogP) is 15.9. The summed E-state index contributed by atoms with van der Waals surface area (Å²) in [4.78, 5) is 0. The van der Waals surface area contributed by atoms with Gasteiger partial charge in [-0.2, -0.15) is 0 Å². The molecule has 4 aromatic rings. The summed E-state index contributed by atoms with van der Waals surface area (Å²) in [5, 5.41) is 0. The van der Waals surface area contributed by atoms with E-state index in [-0.39, 0.29) is 0 Å². The quantitative estimate of drug-likeness (QED) is 0.104. The Morgan fingerprint density at radius 2 is 0.439 bits per heavy atom. The topological polar surface area (TPSA) is 15.5 Å². The first-order valence-corrected chi connectivity index (χ1v) is 22.2. The Hall–Kier alpha value is -3.36. The molecule has 0 aliphatic heterocycles. The molecule has 0 N–H and O–H groups in total. The van der Waals surface area contributed by atoms with Crippen LogP contribution < -0.4 is 18.3 Å². The molecular formula is C25H28F24N4P4. The van der Waals surface area contributed by atoms with E-state index in [1.165, 1.54) is 22.3 Å². The molecule has 336 valence electrons. The maximum absolute atomic E-state index is 10.7.